The fraction of sp³-hybridized carbons (Fsp3) is 0.0500. The predicted molar refractivity (Wildman–Crippen MR) is 118 cm³/mol. The summed E-state index contributed by atoms with van der Waals surface area (Å²) in [6.07, 6.45) is 1.40. The minimum absolute atomic E-state index is 0.154. The second kappa shape index (κ2) is 7.79. The number of fused-ring (bicyclic) bond motifs is 1. The number of aromatic nitrogens is 2. The number of nitrogens with zero attached hydrogens (tertiary/aromatic N) is 2. The molecule has 0 atom stereocenters. The predicted octanol–water partition coefficient (Wildman–Crippen LogP) is 6.08. The van der Waals surface area contributed by atoms with E-state index in [1.807, 2.05) is 29.6 Å². The van der Waals surface area contributed by atoms with Gasteiger partial charge in [-0.15, -0.1) is 11.3 Å². The molecule has 0 fully saturated rings. The Morgan fingerprint density at radius 2 is 1.89 bits per heavy atom. The van der Waals surface area contributed by atoms with E-state index in [-0.39, 0.29) is 22.9 Å². The van der Waals surface area contributed by atoms with Crippen LogP contribution < -0.4 is 5.56 Å². The molecule has 0 aliphatic rings. The van der Waals surface area contributed by atoms with Crippen molar-refractivity contribution in [3.63, 3.8) is 0 Å². The Labute approximate surface area is 182 Å². The first-order valence-corrected chi connectivity index (χ1v) is 10.6. The third-order valence-corrected chi connectivity index (χ3v) is 6.22. The van der Waals surface area contributed by atoms with Gasteiger partial charge in [0.25, 0.3) is 5.56 Å². The van der Waals surface area contributed by atoms with Crippen LogP contribution in [0.4, 0.5) is 0 Å². The van der Waals surface area contributed by atoms with E-state index in [1.54, 1.807) is 12.1 Å². The molecule has 0 unspecified atom stereocenters. The zero-order valence-corrected chi connectivity index (χ0v) is 18.1. The Bertz CT molecular complexity index is 1270. The second-order valence-electron chi connectivity index (χ2n) is 6.06. The van der Waals surface area contributed by atoms with Crippen molar-refractivity contribution in [2.45, 2.75) is 6.54 Å². The average molecular weight is 494 g/mol. The molecule has 4 aromatic rings. The van der Waals surface area contributed by atoms with E-state index in [0.29, 0.717) is 20.8 Å². The van der Waals surface area contributed by atoms with Crippen LogP contribution in [0.2, 0.25) is 10.0 Å². The van der Waals surface area contributed by atoms with Crippen LogP contribution in [0.3, 0.4) is 0 Å². The van der Waals surface area contributed by atoms with Crippen LogP contribution in [-0.2, 0) is 6.54 Å². The van der Waals surface area contributed by atoms with E-state index < -0.39 is 0 Å². The molecular formula is C20H11BrCl2N2O2S. The largest absolute Gasteiger partial charge is 0.292 e. The molecule has 4 rings (SSSR count). The van der Waals surface area contributed by atoms with Gasteiger partial charge in [0.05, 0.1) is 23.3 Å². The van der Waals surface area contributed by atoms with Gasteiger partial charge in [0.15, 0.2) is 5.78 Å². The Hall–Kier alpha value is -1.99. The maximum atomic E-state index is 13.1. The number of hydrogen-bond donors (Lipinski definition) is 0. The number of carbonyl (C=O) groups is 1. The maximum absolute atomic E-state index is 13.1. The Kier molecular flexibility index (Phi) is 5.38. The molecule has 0 aliphatic carbocycles. The number of thiophene rings is 1. The summed E-state index contributed by atoms with van der Waals surface area (Å²) in [5, 5.41) is 3.11. The highest BCUT2D eigenvalue weighted by Crippen LogP contribution is 2.31. The van der Waals surface area contributed by atoms with Crippen molar-refractivity contribution in [3.8, 4) is 11.1 Å². The Balaban J connectivity index is 1.75. The summed E-state index contributed by atoms with van der Waals surface area (Å²) in [6.45, 7) is -0.154. The molecule has 2 aromatic heterocycles. The van der Waals surface area contributed by atoms with Crippen LogP contribution in [0, 0.1) is 0 Å². The zero-order chi connectivity index (χ0) is 19.8. The number of benzene rings is 2. The Morgan fingerprint density at radius 3 is 2.61 bits per heavy atom. The molecular weight excluding hydrogens is 483 g/mol. The monoisotopic (exact) mass is 492 g/mol. The van der Waals surface area contributed by atoms with Crippen LogP contribution in [0.5, 0.6) is 0 Å². The van der Waals surface area contributed by atoms with Gasteiger partial charge in [-0.3, -0.25) is 14.2 Å². The lowest BCUT2D eigenvalue weighted by molar-refractivity contribution is 0.0971. The molecule has 0 spiro atoms. The molecule has 0 saturated heterocycles. The van der Waals surface area contributed by atoms with Crippen molar-refractivity contribution in [1.29, 1.82) is 0 Å². The minimum Gasteiger partial charge on any atom is -0.292 e. The van der Waals surface area contributed by atoms with Crippen molar-refractivity contribution in [2.75, 3.05) is 0 Å². The topological polar surface area (TPSA) is 52.0 Å². The van der Waals surface area contributed by atoms with E-state index in [0.717, 1.165) is 15.6 Å². The first-order chi connectivity index (χ1) is 13.4. The number of Topliss-reactive ketones (excluding diaryl/α,β-unsaturated/α-hetero) is 1. The highest BCUT2D eigenvalue weighted by Gasteiger charge is 2.17. The molecule has 0 radical (unpaired) electrons. The summed E-state index contributed by atoms with van der Waals surface area (Å²) in [5.74, 6) is -0.287. The van der Waals surface area contributed by atoms with Crippen LogP contribution in [-0.4, -0.2) is 15.3 Å². The lowest BCUT2D eigenvalue weighted by Crippen LogP contribution is -2.24. The van der Waals surface area contributed by atoms with E-state index in [4.69, 9.17) is 23.2 Å². The number of carbonyl (C=O) groups excluding carboxylic acids is 1. The van der Waals surface area contributed by atoms with Crippen molar-refractivity contribution < 1.29 is 4.79 Å². The number of ketones is 1. The Morgan fingerprint density at radius 1 is 1.14 bits per heavy atom. The lowest BCUT2D eigenvalue weighted by atomic mass is 10.1. The zero-order valence-electron chi connectivity index (χ0n) is 14.2. The van der Waals surface area contributed by atoms with Crippen LogP contribution in [0.15, 0.2) is 63.4 Å². The first-order valence-electron chi connectivity index (χ1n) is 8.15. The molecule has 8 heteroatoms. The summed E-state index contributed by atoms with van der Waals surface area (Å²) in [6, 6.07) is 12.4. The van der Waals surface area contributed by atoms with E-state index >= 15 is 0 Å². The SMILES string of the molecule is O=C(Cn1cnc2scc(-c3ccc(Br)cc3)c2c1=O)c1ccc(Cl)cc1Cl. The molecule has 140 valence electrons. The van der Waals surface area contributed by atoms with Crippen molar-refractivity contribution in [3.05, 3.63) is 84.6 Å². The molecule has 2 aromatic carbocycles. The summed E-state index contributed by atoms with van der Waals surface area (Å²) < 4.78 is 2.27. The van der Waals surface area contributed by atoms with E-state index in [1.165, 1.54) is 28.3 Å². The van der Waals surface area contributed by atoms with E-state index in [9.17, 15) is 9.59 Å². The molecule has 0 N–H and O–H groups in total. The third-order valence-electron chi connectivity index (χ3n) is 4.26. The highest BCUT2D eigenvalue weighted by molar-refractivity contribution is 9.10. The van der Waals surface area contributed by atoms with Crippen molar-refractivity contribution >= 4 is 66.5 Å². The lowest BCUT2D eigenvalue weighted by Gasteiger charge is -2.07. The third kappa shape index (κ3) is 3.65. The molecule has 0 amide bonds. The molecule has 0 aliphatic heterocycles. The van der Waals surface area contributed by atoms with Crippen molar-refractivity contribution in [1.82, 2.24) is 9.55 Å². The van der Waals surface area contributed by atoms with Crippen LogP contribution in [0.25, 0.3) is 21.3 Å². The van der Waals surface area contributed by atoms with Gasteiger partial charge in [-0.2, -0.15) is 0 Å². The summed E-state index contributed by atoms with van der Waals surface area (Å²) >= 11 is 16.8. The smallest absolute Gasteiger partial charge is 0.263 e. The number of hydrogen-bond acceptors (Lipinski definition) is 4. The first kappa shape index (κ1) is 19.3. The van der Waals surface area contributed by atoms with Gasteiger partial charge in [-0.05, 0) is 35.9 Å². The van der Waals surface area contributed by atoms with Gasteiger partial charge in [0.2, 0.25) is 0 Å². The highest BCUT2D eigenvalue weighted by atomic mass is 79.9. The molecule has 2 heterocycles. The van der Waals surface area contributed by atoms with Gasteiger partial charge < -0.3 is 0 Å². The summed E-state index contributed by atoms with van der Waals surface area (Å²) in [7, 11) is 0. The molecule has 4 nitrogen and oxygen atoms in total. The van der Waals surface area contributed by atoms with E-state index in [2.05, 4.69) is 20.9 Å². The minimum atomic E-state index is -0.287. The number of halogens is 3. The van der Waals surface area contributed by atoms with Gasteiger partial charge in [0, 0.05) is 26.0 Å². The fourth-order valence-corrected chi connectivity index (χ4v) is 4.56. The summed E-state index contributed by atoms with van der Waals surface area (Å²) in [5.41, 5.74) is 1.77. The van der Waals surface area contributed by atoms with Gasteiger partial charge in [0.1, 0.15) is 4.83 Å². The maximum Gasteiger partial charge on any atom is 0.263 e. The molecule has 0 saturated carbocycles. The van der Waals surface area contributed by atoms with Gasteiger partial charge >= 0.3 is 0 Å². The second-order valence-corrected chi connectivity index (χ2v) is 8.68. The molecule has 0 bridgehead atoms. The standard InChI is InChI=1S/C20H11BrCl2N2O2S/c21-12-3-1-11(2-4-12)15-9-28-19-18(15)20(27)25(10-24-19)8-17(26)14-6-5-13(22)7-16(14)23/h1-7,9-10H,8H2. The van der Waals surface area contributed by atoms with Gasteiger partial charge in [-0.1, -0.05) is 51.3 Å². The average Bonchev–Trinajstić information content (AvgIpc) is 3.09. The van der Waals surface area contributed by atoms with Crippen molar-refractivity contribution in [2.24, 2.45) is 0 Å². The van der Waals surface area contributed by atoms with Gasteiger partial charge in [-0.25, -0.2) is 4.98 Å². The van der Waals surface area contributed by atoms with Crippen LogP contribution in [0.1, 0.15) is 10.4 Å². The molecule has 28 heavy (non-hydrogen) atoms. The number of rotatable bonds is 4. The fourth-order valence-electron chi connectivity index (χ4n) is 2.88. The summed E-state index contributed by atoms with van der Waals surface area (Å²) in [4.78, 5) is 30.7. The van der Waals surface area contributed by atoms with Crippen LogP contribution >= 0.6 is 50.5 Å². The quantitative estimate of drug-likeness (QED) is 0.324. The normalized spacial score (nSPS) is 11.1.